The van der Waals surface area contributed by atoms with E-state index in [1.807, 2.05) is 18.7 Å². The van der Waals surface area contributed by atoms with Crippen LogP contribution in [0.5, 0.6) is 0 Å². The zero-order chi connectivity index (χ0) is 14.6. The van der Waals surface area contributed by atoms with Gasteiger partial charge in [0.25, 0.3) is 0 Å². The average Bonchev–Trinajstić information content (AvgIpc) is 2.47. The van der Waals surface area contributed by atoms with Crippen molar-refractivity contribution in [3.05, 3.63) is 0 Å². The first-order chi connectivity index (χ1) is 9.57. The number of hydrogen-bond acceptors (Lipinski definition) is 4. The van der Waals surface area contributed by atoms with Crippen molar-refractivity contribution in [2.75, 3.05) is 26.2 Å². The van der Waals surface area contributed by atoms with E-state index in [-0.39, 0.29) is 30.2 Å². The lowest BCUT2D eigenvalue weighted by Gasteiger charge is -2.40. The molecule has 0 aromatic carbocycles. The molecule has 2 saturated heterocycles. The van der Waals surface area contributed by atoms with Gasteiger partial charge in [0.1, 0.15) is 0 Å². The first kappa shape index (κ1) is 18.2. The summed E-state index contributed by atoms with van der Waals surface area (Å²) in [4.78, 5) is 26.4. The number of likely N-dealkylation sites (tertiary alicyclic amines) is 1. The van der Waals surface area contributed by atoms with Gasteiger partial charge in [-0.25, -0.2) is 0 Å². The summed E-state index contributed by atoms with van der Waals surface area (Å²) in [6, 6.07) is 0. The Morgan fingerprint density at radius 1 is 1.33 bits per heavy atom. The van der Waals surface area contributed by atoms with E-state index in [1.54, 1.807) is 0 Å². The predicted octanol–water partition coefficient (Wildman–Crippen LogP) is 1.74. The van der Waals surface area contributed by atoms with Gasteiger partial charge in [-0.15, -0.1) is 12.4 Å². The third kappa shape index (κ3) is 4.33. The number of ether oxygens (including phenoxy) is 1. The summed E-state index contributed by atoms with van der Waals surface area (Å²) in [6.45, 7) is 6.37. The maximum Gasteiger partial charge on any atom is 0.310 e. The SMILES string of the molecule is CCOC(=O)C1CCCN(C(=O)C2(C)CCCCN2)C1.Cl. The molecule has 21 heavy (non-hydrogen) atoms. The Morgan fingerprint density at radius 3 is 2.71 bits per heavy atom. The Kier molecular flexibility index (Phi) is 6.94. The van der Waals surface area contributed by atoms with Crippen LogP contribution in [0.25, 0.3) is 0 Å². The van der Waals surface area contributed by atoms with Crippen LogP contribution in [-0.2, 0) is 14.3 Å². The van der Waals surface area contributed by atoms with Crippen molar-refractivity contribution in [2.45, 2.75) is 51.5 Å². The molecule has 1 N–H and O–H groups in total. The summed E-state index contributed by atoms with van der Waals surface area (Å²) in [5.41, 5.74) is -0.450. The van der Waals surface area contributed by atoms with E-state index < -0.39 is 5.54 Å². The van der Waals surface area contributed by atoms with Crippen LogP contribution < -0.4 is 5.32 Å². The molecule has 0 bridgehead atoms. The minimum atomic E-state index is -0.450. The molecular weight excluding hydrogens is 292 g/mol. The van der Waals surface area contributed by atoms with E-state index in [0.717, 1.165) is 45.2 Å². The summed E-state index contributed by atoms with van der Waals surface area (Å²) >= 11 is 0. The molecule has 2 unspecified atom stereocenters. The number of esters is 1. The van der Waals surface area contributed by atoms with Gasteiger partial charge in [-0.2, -0.15) is 0 Å². The van der Waals surface area contributed by atoms with Crippen LogP contribution in [0.2, 0.25) is 0 Å². The molecule has 0 spiro atoms. The van der Waals surface area contributed by atoms with E-state index in [0.29, 0.717) is 13.2 Å². The van der Waals surface area contributed by atoms with E-state index in [4.69, 9.17) is 4.74 Å². The highest BCUT2D eigenvalue weighted by Crippen LogP contribution is 2.25. The lowest BCUT2D eigenvalue weighted by Crippen LogP contribution is -2.59. The van der Waals surface area contributed by atoms with Gasteiger partial charge >= 0.3 is 5.97 Å². The molecule has 0 saturated carbocycles. The second kappa shape index (κ2) is 7.99. The number of carbonyl (C=O) groups is 2. The van der Waals surface area contributed by atoms with Crippen molar-refractivity contribution in [2.24, 2.45) is 5.92 Å². The molecule has 2 rings (SSSR count). The van der Waals surface area contributed by atoms with Gasteiger partial charge in [0.2, 0.25) is 5.91 Å². The van der Waals surface area contributed by atoms with Crippen LogP contribution in [-0.4, -0.2) is 48.6 Å². The van der Waals surface area contributed by atoms with Crippen LogP contribution in [0.4, 0.5) is 0 Å². The Hall–Kier alpha value is -0.810. The van der Waals surface area contributed by atoms with Crippen LogP contribution in [0.3, 0.4) is 0 Å². The summed E-state index contributed by atoms with van der Waals surface area (Å²) < 4.78 is 5.09. The smallest absolute Gasteiger partial charge is 0.310 e. The average molecular weight is 319 g/mol. The van der Waals surface area contributed by atoms with Gasteiger partial charge in [0.05, 0.1) is 18.1 Å². The largest absolute Gasteiger partial charge is 0.466 e. The van der Waals surface area contributed by atoms with Gasteiger partial charge in [0, 0.05) is 13.1 Å². The molecule has 122 valence electrons. The quantitative estimate of drug-likeness (QED) is 0.805. The molecular formula is C15H27ClN2O3. The second-order valence-electron chi connectivity index (χ2n) is 6.06. The van der Waals surface area contributed by atoms with Crippen molar-refractivity contribution < 1.29 is 14.3 Å². The first-order valence-electron chi connectivity index (χ1n) is 7.78. The van der Waals surface area contributed by atoms with Crippen LogP contribution in [0.15, 0.2) is 0 Å². The van der Waals surface area contributed by atoms with Crippen molar-refractivity contribution >= 4 is 24.3 Å². The molecule has 2 fully saturated rings. The molecule has 0 aromatic heterocycles. The van der Waals surface area contributed by atoms with Crippen LogP contribution >= 0.6 is 12.4 Å². The number of rotatable bonds is 3. The summed E-state index contributed by atoms with van der Waals surface area (Å²) in [5, 5.41) is 3.35. The van der Waals surface area contributed by atoms with E-state index in [9.17, 15) is 9.59 Å². The van der Waals surface area contributed by atoms with E-state index >= 15 is 0 Å². The Labute approximate surface area is 133 Å². The van der Waals surface area contributed by atoms with Crippen molar-refractivity contribution in [1.82, 2.24) is 10.2 Å². The Balaban J connectivity index is 0.00000220. The molecule has 5 nitrogen and oxygen atoms in total. The zero-order valence-electron chi connectivity index (χ0n) is 13.0. The number of nitrogens with zero attached hydrogens (tertiary/aromatic N) is 1. The van der Waals surface area contributed by atoms with Gasteiger partial charge in [-0.05, 0) is 52.5 Å². The fourth-order valence-corrected chi connectivity index (χ4v) is 3.20. The molecule has 2 aliphatic heterocycles. The normalized spacial score (nSPS) is 29.4. The van der Waals surface area contributed by atoms with Gasteiger partial charge in [-0.3, -0.25) is 9.59 Å². The van der Waals surface area contributed by atoms with Crippen LogP contribution in [0, 0.1) is 5.92 Å². The molecule has 0 aromatic rings. The lowest BCUT2D eigenvalue weighted by atomic mass is 9.88. The molecule has 0 aliphatic carbocycles. The van der Waals surface area contributed by atoms with Gasteiger partial charge in [-0.1, -0.05) is 0 Å². The molecule has 2 atom stereocenters. The fourth-order valence-electron chi connectivity index (χ4n) is 3.20. The molecule has 6 heteroatoms. The molecule has 1 amide bonds. The maximum absolute atomic E-state index is 12.7. The van der Waals surface area contributed by atoms with E-state index in [2.05, 4.69) is 5.32 Å². The first-order valence-corrected chi connectivity index (χ1v) is 7.78. The van der Waals surface area contributed by atoms with Crippen molar-refractivity contribution in [3.8, 4) is 0 Å². The summed E-state index contributed by atoms with van der Waals surface area (Å²) in [5.74, 6) is -0.169. The molecule has 2 heterocycles. The highest BCUT2D eigenvalue weighted by Gasteiger charge is 2.40. The fraction of sp³-hybridized carbons (Fsp3) is 0.867. The maximum atomic E-state index is 12.7. The van der Waals surface area contributed by atoms with Crippen LogP contribution in [0.1, 0.15) is 46.0 Å². The Morgan fingerprint density at radius 2 is 2.10 bits per heavy atom. The van der Waals surface area contributed by atoms with Gasteiger partial charge < -0.3 is 15.0 Å². The minimum Gasteiger partial charge on any atom is -0.466 e. The Bertz CT molecular complexity index is 370. The number of halogens is 1. The molecule has 2 aliphatic rings. The predicted molar refractivity (Wildman–Crippen MR) is 83.4 cm³/mol. The standard InChI is InChI=1S/C15H26N2O3.ClH/c1-3-20-13(18)12-7-6-10-17(11-12)14(19)15(2)8-4-5-9-16-15;/h12,16H,3-11H2,1-2H3;1H. The van der Waals surface area contributed by atoms with Crippen molar-refractivity contribution in [1.29, 1.82) is 0 Å². The van der Waals surface area contributed by atoms with Crippen molar-refractivity contribution in [3.63, 3.8) is 0 Å². The zero-order valence-corrected chi connectivity index (χ0v) is 13.8. The van der Waals surface area contributed by atoms with E-state index in [1.165, 1.54) is 0 Å². The monoisotopic (exact) mass is 318 g/mol. The number of nitrogens with one attached hydrogen (secondary N) is 1. The number of carbonyl (C=O) groups excluding carboxylic acids is 2. The minimum absolute atomic E-state index is 0. The lowest BCUT2D eigenvalue weighted by molar-refractivity contribution is -0.152. The molecule has 0 radical (unpaired) electrons. The summed E-state index contributed by atoms with van der Waals surface area (Å²) in [7, 11) is 0. The number of amides is 1. The topological polar surface area (TPSA) is 58.6 Å². The highest BCUT2D eigenvalue weighted by atomic mass is 35.5. The third-order valence-electron chi connectivity index (χ3n) is 4.42. The second-order valence-corrected chi connectivity index (χ2v) is 6.06. The highest BCUT2D eigenvalue weighted by molar-refractivity contribution is 5.87. The third-order valence-corrected chi connectivity index (χ3v) is 4.42. The number of piperidine rings is 2. The van der Waals surface area contributed by atoms with Gasteiger partial charge in [0.15, 0.2) is 0 Å². The number of hydrogen-bond donors (Lipinski definition) is 1. The summed E-state index contributed by atoms with van der Waals surface area (Å²) in [6.07, 6.45) is 4.81.